The number of likely N-dealkylation sites (N-methyl/N-ethyl adjacent to an activating group) is 1. The Labute approximate surface area is 85.3 Å². The predicted molar refractivity (Wildman–Crippen MR) is 55.4 cm³/mol. The smallest absolute Gasteiger partial charge is 0.325 e. The fraction of sp³-hybridized carbons (Fsp3) is 0.900. The minimum Gasteiger partial charge on any atom is -0.480 e. The van der Waals surface area contributed by atoms with E-state index in [0.717, 1.165) is 6.54 Å². The molecule has 1 unspecified atom stereocenters. The molecule has 1 atom stereocenters. The van der Waals surface area contributed by atoms with Gasteiger partial charge in [0.15, 0.2) is 0 Å². The first-order valence-electron chi connectivity index (χ1n) is 5.24. The van der Waals surface area contributed by atoms with Gasteiger partial charge in [-0.05, 0) is 26.8 Å². The molecule has 0 amide bonds. The van der Waals surface area contributed by atoms with E-state index < -0.39 is 11.5 Å². The molecular formula is C10H20N2O2. The highest BCUT2D eigenvalue weighted by atomic mass is 16.4. The summed E-state index contributed by atoms with van der Waals surface area (Å²) in [6.07, 6.45) is 0.703. The van der Waals surface area contributed by atoms with Crippen LogP contribution in [0, 0.1) is 0 Å². The van der Waals surface area contributed by atoms with Gasteiger partial charge in [0.1, 0.15) is 5.54 Å². The number of carboxylic acids is 1. The van der Waals surface area contributed by atoms with Gasteiger partial charge in [0.2, 0.25) is 0 Å². The molecule has 0 aliphatic carbocycles. The molecule has 82 valence electrons. The molecule has 1 heterocycles. The van der Waals surface area contributed by atoms with E-state index in [1.165, 1.54) is 0 Å². The van der Waals surface area contributed by atoms with Crippen LogP contribution in [0.4, 0.5) is 0 Å². The summed E-state index contributed by atoms with van der Waals surface area (Å²) in [5.74, 6) is -0.720. The maximum Gasteiger partial charge on any atom is 0.325 e. The van der Waals surface area contributed by atoms with Crippen LogP contribution in [0.15, 0.2) is 0 Å². The van der Waals surface area contributed by atoms with Crippen LogP contribution in [-0.4, -0.2) is 47.2 Å². The first kappa shape index (κ1) is 11.5. The second-order valence-corrected chi connectivity index (χ2v) is 4.23. The van der Waals surface area contributed by atoms with Crippen molar-refractivity contribution >= 4 is 5.97 Å². The topological polar surface area (TPSA) is 52.6 Å². The molecule has 1 fully saturated rings. The van der Waals surface area contributed by atoms with E-state index in [2.05, 4.69) is 24.1 Å². The molecule has 0 aromatic carbocycles. The molecule has 1 rings (SSSR count). The van der Waals surface area contributed by atoms with Gasteiger partial charge in [0.25, 0.3) is 0 Å². The van der Waals surface area contributed by atoms with E-state index in [4.69, 9.17) is 0 Å². The zero-order valence-corrected chi connectivity index (χ0v) is 9.21. The van der Waals surface area contributed by atoms with E-state index >= 15 is 0 Å². The summed E-state index contributed by atoms with van der Waals surface area (Å²) >= 11 is 0. The summed E-state index contributed by atoms with van der Waals surface area (Å²) in [5, 5.41) is 12.3. The molecule has 0 saturated carbocycles. The number of nitrogens with one attached hydrogen (secondary N) is 1. The lowest BCUT2D eigenvalue weighted by Gasteiger charge is -2.27. The normalized spacial score (nSPS) is 28.6. The van der Waals surface area contributed by atoms with Crippen molar-refractivity contribution in [2.75, 3.05) is 19.6 Å². The number of nitrogens with zero attached hydrogens (tertiary/aromatic N) is 1. The molecule has 0 radical (unpaired) electrons. The standard InChI is InChI=1S/C10H20N2O2/c1-4-11-10(9(13)14)5-6-12(7-10)8(2)3/h8,11H,4-7H2,1-3H3,(H,13,14). The third kappa shape index (κ3) is 2.07. The number of hydrogen-bond donors (Lipinski definition) is 2. The Morgan fingerprint density at radius 1 is 1.64 bits per heavy atom. The van der Waals surface area contributed by atoms with Gasteiger partial charge < -0.3 is 10.4 Å². The highest BCUT2D eigenvalue weighted by Crippen LogP contribution is 2.23. The van der Waals surface area contributed by atoms with Crippen molar-refractivity contribution in [1.82, 2.24) is 10.2 Å². The Morgan fingerprint density at radius 3 is 2.64 bits per heavy atom. The van der Waals surface area contributed by atoms with E-state index in [0.29, 0.717) is 25.6 Å². The van der Waals surface area contributed by atoms with E-state index in [1.54, 1.807) is 0 Å². The number of rotatable bonds is 4. The molecule has 2 N–H and O–H groups in total. The summed E-state index contributed by atoms with van der Waals surface area (Å²) in [5.41, 5.74) is -0.709. The van der Waals surface area contributed by atoms with Gasteiger partial charge in [-0.3, -0.25) is 9.69 Å². The Morgan fingerprint density at radius 2 is 2.29 bits per heavy atom. The summed E-state index contributed by atoms with van der Waals surface area (Å²) in [6, 6.07) is 0.426. The van der Waals surface area contributed by atoms with Gasteiger partial charge in [-0.2, -0.15) is 0 Å². The van der Waals surface area contributed by atoms with Gasteiger partial charge in [0, 0.05) is 19.1 Å². The van der Waals surface area contributed by atoms with Gasteiger partial charge >= 0.3 is 5.97 Å². The van der Waals surface area contributed by atoms with Gasteiger partial charge in [-0.15, -0.1) is 0 Å². The summed E-state index contributed by atoms with van der Waals surface area (Å²) in [4.78, 5) is 13.4. The quantitative estimate of drug-likeness (QED) is 0.695. The number of carboxylic acid groups (broad SMARTS) is 1. The Hall–Kier alpha value is -0.610. The Balaban J connectivity index is 2.69. The van der Waals surface area contributed by atoms with E-state index in [1.807, 2.05) is 6.92 Å². The van der Waals surface area contributed by atoms with Crippen molar-refractivity contribution in [3.8, 4) is 0 Å². The second-order valence-electron chi connectivity index (χ2n) is 4.23. The van der Waals surface area contributed by atoms with Crippen LogP contribution in [0.1, 0.15) is 27.2 Å². The predicted octanol–water partition coefficient (Wildman–Crippen LogP) is 0.533. The number of aliphatic carboxylic acids is 1. The molecule has 0 spiro atoms. The minimum absolute atomic E-state index is 0.426. The first-order valence-corrected chi connectivity index (χ1v) is 5.24. The molecule has 4 heteroatoms. The first-order chi connectivity index (χ1) is 6.52. The lowest BCUT2D eigenvalue weighted by molar-refractivity contribution is -0.144. The van der Waals surface area contributed by atoms with Crippen molar-refractivity contribution in [3.63, 3.8) is 0 Å². The summed E-state index contributed by atoms with van der Waals surface area (Å²) in [7, 11) is 0. The lowest BCUT2D eigenvalue weighted by Crippen LogP contribution is -2.54. The molecule has 1 aliphatic rings. The highest BCUT2D eigenvalue weighted by Gasteiger charge is 2.44. The largest absolute Gasteiger partial charge is 0.480 e. The molecule has 1 saturated heterocycles. The van der Waals surface area contributed by atoms with Gasteiger partial charge in [-0.1, -0.05) is 6.92 Å². The van der Waals surface area contributed by atoms with Crippen LogP contribution in [0.3, 0.4) is 0 Å². The zero-order chi connectivity index (χ0) is 10.8. The molecule has 0 bridgehead atoms. The molecular weight excluding hydrogens is 180 g/mol. The lowest BCUT2D eigenvalue weighted by atomic mass is 9.99. The molecule has 1 aliphatic heterocycles. The van der Waals surface area contributed by atoms with E-state index in [9.17, 15) is 9.90 Å². The fourth-order valence-corrected chi connectivity index (χ4v) is 2.01. The maximum atomic E-state index is 11.2. The molecule has 14 heavy (non-hydrogen) atoms. The van der Waals surface area contributed by atoms with E-state index in [-0.39, 0.29) is 0 Å². The average Bonchev–Trinajstić information content (AvgIpc) is 2.50. The van der Waals surface area contributed by atoms with Crippen molar-refractivity contribution < 1.29 is 9.90 Å². The molecule has 0 aromatic rings. The fourth-order valence-electron chi connectivity index (χ4n) is 2.01. The summed E-state index contributed by atoms with van der Waals surface area (Å²) in [6.45, 7) is 8.35. The third-order valence-electron chi connectivity index (χ3n) is 2.95. The van der Waals surface area contributed by atoms with Crippen LogP contribution in [-0.2, 0) is 4.79 Å². The van der Waals surface area contributed by atoms with Crippen LogP contribution in [0.2, 0.25) is 0 Å². The minimum atomic E-state index is -0.720. The van der Waals surface area contributed by atoms with Crippen molar-refractivity contribution in [2.45, 2.75) is 38.8 Å². The highest BCUT2D eigenvalue weighted by molar-refractivity contribution is 5.79. The van der Waals surface area contributed by atoms with Gasteiger partial charge in [0.05, 0.1) is 0 Å². The average molecular weight is 200 g/mol. The maximum absolute atomic E-state index is 11.2. The van der Waals surface area contributed by atoms with Crippen LogP contribution in [0.25, 0.3) is 0 Å². The Kier molecular flexibility index (Phi) is 3.50. The summed E-state index contributed by atoms with van der Waals surface area (Å²) < 4.78 is 0. The van der Waals surface area contributed by atoms with Crippen LogP contribution >= 0.6 is 0 Å². The number of hydrogen-bond acceptors (Lipinski definition) is 3. The molecule has 4 nitrogen and oxygen atoms in total. The Bertz CT molecular complexity index is 218. The van der Waals surface area contributed by atoms with Gasteiger partial charge in [-0.25, -0.2) is 0 Å². The second kappa shape index (κ2) is 4.28. The van der Waals surface area contributed by atoms with Crippen LogP contribution < -0.4 is 5.32 Å². The van der Waals surface area contributed by atoms with Crippen LogP contribution in [0.5, 0.6) is 0 Å². The zero-order valence-electron chi connectivity index (χ0n) is 9.21. The third-order valence-corrected chi connectivity index (χ3v) is 2.95. The monoisotopic (exact) mass is 200 g/mol. The van der Waals surface area contributed by atoms with Crippen molar-refractivity contribution in [2.24, 2.45) is 0 Å². The number of likely N-dealkylation sites (tertiary alicyclic amines) is 1. The van der Waals surface area contributed by atoms with Crippen molar-refractivity contribution in [3.05, 3.63) is 0 Å². The van der Waals surface area contributed by atoms with Crippen molar-refractivity contribution in [1.29, 1.82) is 0 Å². The molecule has 0 aromatic heterocycles. The SMILES string of the molecule is CCNC1(C(=O)O)CCN(C(C)C)C1. The number of carbonyl (C=O) groups is 1.